The fourth-order valence-electron chi connectivity index (χ4n) is 3.86. The smallest absolute Gasteiger partial charge is 0.262 e. The highest BCUT2D eigenvalue weighted by Crippen LogP contribution is 2.22. The van der Waals surface area contributed by atoms with Crippen molar-refractivity contribution >= 4 is 22.8 Å². The number of halogens is 1. The first-order chi connectivity index (χ1) is 18.0. The summed E-state index contributed by atoms with van der Waals surface area (Å²) in [4.78, 5) is 18.7. The van der Waals surface area contributed by atoms with Gasteiger partial charge in [0.25, 0.3) is 5.91 Å². The molecule has 1 N–H and O–H groups in total. The SMILES string of the molecule is CCCC(NC(=O)/C(C#N)=C/c1cccc(F)n1)c1ccc(OCCOCCN2CCS(=O)CC2)cc1. The molecule has 2 aromatic rings. The van der Waals surface area contributed by atoms with Gasteiger partial charge in [0.05, 0.1) is 24.9 Å². The number of nitrogens with zero attached hydrogens (tertiary/aromatic N) is 3. The van der Waals surface area contributed by atoms with Crippen LogP contribution in [0.15, 0.2) is 48.0 Å². The second-order valence-electron chi connectivity index (χ2n) is 8.59. The van der Waals surface area contributed by atoms with Gasteiger partial charge in [0, 0.05) is 41.9 Å². The van der Waals surface area contributed by atoms with E-state index in [4.69, 9.17) is 9.47 Å². The number of aromatic nitrogens is 1. The number of carbonyl (C=O) groups is 1. The number of hydrogen-bond donors (Lipinski definition) is 1. The quantitative estimate of drug-likeness (QED) is 0.184. The number of hydrogen-bond acceptors (Lipinski definition) is 7. The van der Waals surface area contributed by atoms with Gasteiger partial charge in [-0.25, -0.2) is 4.98 Å². The predicted molar refractivity (Wildman–Crippen MR) is 141 cm³/mol. The molecule has 198 valence electrons. The highest BCUT2D eigenvalue weighted by molar-refractivity contribution is 7.85. The Morgan fingerprint density at radius 2 is 1.97 bits per heavy atom. The van der Waals surface area contributed by atoms with Crippen LogP contribution in [0, 0.1) is 17.3 Å². The van der Waals surface area contributed by atoms with Gasteiger partial charge in [-0.1, -0.05) is 31.5 Å². The molecule has 0 saturated carbocycles. The van der Waals surface area contributed by atoms with E-state index in [2.05, 4.69) is 15.2 Å². The molecule has 0 aliphatic carbocycles. The van der Waals surface area contributed by atoms with E-state index in [1.807, 2.05) is 37.3 Å². The average Bonchev–Trinajstić information content (AvgIpc) is 2.90. The Balaban J connectivity index is 1.46. The molecular weight excluding hydrogens is 495 g/mol. The number of carbonyl (C=O) groups excluding carboxylic acids is 1. The zero-order valence-corrected chi connectivity index (χ0v) is 21.8. The van der Waals surface area contributed by atoms with Crippen molar-refractivity contribution in [1.29, 1.82) is 5.26 Å². The van der Waals surface area contributed by atoms with Crippen LogP contribution in [-0.4, -0.2) is 71.0 Å². The highest BCUT2D eigenvalue weighted by atomic mass is 32.2. The Hall–Kier alpha value is -3.13. The third kappa shape index (κ3) is 9.69. The zero-order chi connectivity index (χ0) is 26.5. The maximum atomic E-state index is 13.3. The fourth-order valence-corrected chi connectivity index (χ4v) is 4.99. The molecule has 1 aromatic heterocycles. The average molecular weight is 529 g/mol. The van der Waals surface area contributed by atoms with Gasteiger partial charge in [-0.2, -0.15) is 9.65 Å². The van der Waals surface area contributed by atoms with Crippen molar-refractivity contribution in [3.63, 3.8) is 0 Å². The minimum absolute atomic E-state index is 0.144. The minimum atomic E-state index is -0.679. The molecule has 1 fully saturated rings. The predicted octanol–water partition coefficient (Wildman–Crippen LogP) is 3.24. The summed E-state index contributed by atoms with van der Waals surface area (Å²) in [5.41, 5.74) is 0.949. The Bertz CT molecular complexity index is 1110. The van der Waals surface area contributed by atoms with E-state index >= 15 is 0 Å². The lowest BCUT2D eigenvalue weighted by Gasteiger charge is -2.25. The van der Waals surface area contributed by atoms with Crippen LogP contribution >= 0.6 is 0 Å². The monoisotopic (exact) mass is 528 g/mol. The minimum Gasteiger partial charge on any atom is -0.491 e. The molecule has 0 radical (unpaired) electrons. The molecule has 1 saturated heterocycles. The standard InChI is InChI=1S/C27H33FN4O4S/c1-2-4-25(31-27(33)22(20-29)19-23-5-3-6-26(28)30-23)21-7-9-24(10-8-21)36-16-15-35-14-11-32-12-17-37(34)18-13-32/h3,5-10,19,25H,2,4,11-18H2,1H3,(H,31,33)/b22-19+. The van der Waals surface area contributed by atoms with Crippen molar-refractivity contribution in [2.75, 3.05) is 51.0 Å². The molecule has 37 heavy (non-hydrogen) atoms. The molecule has 1 unspecified atom stereocenters. The molecule has 10 heteroatoms. The molecule has 3 rings (SSSR count). The number of rotatable bonds is 13. The molecule has 8 nitrogen and oxygen atoms in total. The van der Waals surface area contributed by atoms with Crippen LogP contribution < -0.4 is 10.1 Å². The van der Waals surface area contributed by atoms with Crippen LogP contribution in [0.3, 0.4) is 0 Å². The number of pyridine rings is 1. The molecule has 1 aliphatic heterocycles. The number of amides is 1. The molecule has 0 spiro atoms. The Labute approximate surface area is 219 Å². The highest BCUT2D eigenvalue weighted by Gasteiger charge is 2.18. The Morgan fingerprint density at radius 3 is 2.65 bits per heavy atom. The summed E-state index contributed by atoms with van der Waals surface area (Å²) in [6.07, 6.45) is 2.78. The Kier molecular flexibility index (Phi) is 11.7. The lowest BCUT2D eigenvalue weighted by Crippen LogP contribution is -2.39. The number of nitrogens with one attached hydrogen (secondary N) is 1. The second-order valence-corrected chi connectivity index (χ2v) is 10.3. The van der Waals surface area contributed by atoms with Crippen molar-refractivity contribution in [3.8, 4) is 11.8 Å². The summed E-state index contributed by atoms with van der Waals surface area (Å²) in [6.45, 7) is 6.07. The van der Waals surface area contributed by atoms with Crippen LogP contribution in [0.1, 0.15) is 37.1 Å². The zero-order valence-electron chi connectivity index (χ0n) is 21.0. The van der Waals surface area contributed by atoms with Crippen molar-refractivity contribution in [2.45, 2.75) is 25.8 Å². The molecule has 1 amide bonds. The van der Waals surface area contributed by atoms with Gasteiger partial charge in [0.1, 0.15) is 24.0 Å². The maximum Gasteiger partial charge on any atom is 0.262 e. The first kappa shape index (κ1) is 28.4. The van der Waals surface area contributed by atoms with Gasteiger partial charge in [0.2, 0.25) is 5.95 Å². The molecule has 0 bridgehead atoms. The summed E-state index contributed by atoms with van der Waals surface area (Å²) in [5, 5.41) is 12.4. The third-order valence-electron chi connectivity index (χ3n) is 5.88. The van der Waals surface area contributed by atoms with Gasteiger partial charge in [-0.15, -0.1) is 0 Å². The maximum absolute atomic E-state index is 13.3. The van der Waals surface area contributed by atoms with E-state index in [1.165, 1.54) is 24.3 Å². The van der Waals surface area contributed by atoms with Crippen LogP contribution in [0.5, 0.6) is 5.75 Å². The molecule has 1 atom stereocenters. The Morgan fingerprint density at radius 1 is 1.22 bits per heavy atom. The summed E-state index contributed by atoms with van der Waals surface area (Å²) in [6, 6.07) is 13.2. The van der Waals surface area contributed by atoms with Gasteiger partial charge < -0.3 is 14.8 Å². The summed E-state index contributed by atoms with van der Waals surface area (Å²) in [5.74, 6) is 0.959. The number of ether oxygens (including phenoxy) is 2. The lowest BCUT2D eigenvalue weighted by atomic mass is 10.0. The van der Waals surface area contributed by atoms with Gasteiger partial charge in [-0.3, -0.25) is 13.9 Å². The van der Waals surface area contributed by atoms with E-state index in [0.717, 1.165) is 43.1 Å². The van der Waals surface area contributed by atoms with Crippen molar-refractivity contribution < 1.29 is 22.9 Å². The van der Waals surface area contributed by atoms with Crippen molar-refractivity contribution in [3.05, 3.63) is 65.2 Å². The molecular formula is C27H33FN4O4S. The molecule has 1 aromatic carbocycles. The normalized spacial score (nSPS) is 15.6. The summed E-state index contributed by atoms with van der Waals surface area (Å²) in [7, 11) is -0.665. The largest absolute Gasteiger partial charge is 0.491 e. The van der Waals surface area contributed by atoms with Crippen LogP contribution in [0.25, 0.3) is 6.08 Å². The van der Waals surface area contributed by atoms with E-state index < -0.39 is 22.7 Å². The molecule has 2 heterocycles. The number of benzene rings is 1. The topological polar surface area (TPSA) is 105 Å². The lowest BCUT2D eigenvalue weighted by molar-refractivity contribution is -0.117. The summed E-state index contributed by atoms with van der Waals surface area (Å²) >= 11 is 0. The van der Waals surface area contributed by atoms with E-state index in [9.17, 15) is 18.7 Å². The van der Waals surface area contributed by atoms with Gasteiger partial charge in [0.15, 0.2) is 0 Å². The van der Waals surface area contributed by atoms with E-state index in [0.29, 0.717) is 32.0 Å². The van der Waals surface area contributed by atoms with Gasteiger partial charge >= 0.3 is 0 Å². The van der Waals surface area contributed by atoms with Crippen LogP contribution in [0.4, 0.5) is 4.39 Å². The van der Waals surface area contributed by atoms with Gasteiger partial charge in [-0.05, 0) is 42.3 Å². The third-order valence-corrected chi connectivity index (χ3v) is 7.15. The first-order valence-electron chi connectivity index (χ1n) is 12.4. The van der Waals surface area contributed by atoms with Crippen molar-refractivity contribution in [1.82, 2.24) is 15.2 Å². The fraction of sp³-hybridized carbons (Fsp3) is 0.444. The molecule has 1 aliphatic rings. The first-order valence-corrected chi connectivity index (χ1v) is 13.9. The van der Waals surface area contributed by atoms with Crippen LogP contribution in [-0.2, 0) is 20.3 Å². The van der Waals surface area contributed by atoms with Crippen LogP contribution in [0.2, 0.25) is 0 Å². The van der Waals surface area contributed by atoms with E-state index in [1.54, 1.807) is 0 Å². The second kappa shape index (κ2) is 15.2. The van der Waals surface area contributed by atoms with E-state index in [-0.39, 0.29) is 17.3 Å². The van der Waals surface area contributed by atoms with Crippen molar-refractivity contribution in [2.24, 2.45) is 0 Å². The summed E-state index contributed by atoms with van der Waals surface area (Å²) < 4.78 is 36.2. The number of nitriles is 1.